The first-order valence-corrected chi connectivity index (χ1v) is 7.98. The van der Waals surface area contributed by atoms with Gasteiger partial charge in [-0.15, -0.1) is 0 Å². The van der Waals surface area contributed by atoms with E-state index >= 15 is 0 Å². The number of aliphatic hydroxyl groups is 1. The predicted molar refractivity (Wildman–Crippen MR) is 88.9 cm³/mol. The number of β-amino-alcohol motifs (C(OH)–C–C–N with tert-alkyl or cyclic N) is 1. The van der Waals surface area contributed by atoms with Crippen LogP contribution in [0.1, 0.15) is 17.7 Å². The van der Waals surface area contributed by atoms with Gasteiger partial charge in [0.15, 0.2) is 0 Å². The van der Waals surface area contributed by atoms with Crippen LogP contribution in [0.15, 0.2) is 48.7 Å². The van der Waals surface area contributed by atoms with Crippen molar-refractivity contribution in [2.75, 3.05) is 13.1 Å². The molecule has 23 heavy (non-hydrogen) atoms. The maximum Gasteiger partial charge on any atom is 0.130 e. The van der Waals surface area contributed by atoms with Crippen LogP contribution in [0.5, 0.6) is 5.75 Å². The summed E-state index contributed by atoms with van der Waals surface area (Å²) in [6.07, 6.45) is 2.16. The summed E-state index contributed by atoms with van der Waals surface area (Å²) in [7, 11) is 0. The maximum atomic E-state index is 9.89. The van der Waals surface area contributed by atoms with E-state index in [4.69, 9.17) is 10.5 Å². The molecule has 1 fully saturated rings. The van der Waals surface area contributed by atoms with Crippen molar-refractivity contribution >= 4 is 0 Å². The molecule has 0 amide bonds. The van der Waals surface area contributed by atoms with Gasteiger partial charge >= 0.3 is 0 Å². The van der Waals surface area contributed by atoms with Gasteiger partial charge < -0.3 is 15.6 Å². The summed E-state index contributed by atoms with van der Waals surface area (Å²) < 4.78 is 5.81. The monoisotopic (exact) mass is 313 g/mol. The molecule has 122 valence electrons. The van der Waals surface area contributed by atoms with Crippen LogP contribution in [-0.2, 0) is 13.2 Å². The summed E-state index contributed by atoms with van der Waals surface area (Å²) in [6, 6.07) is 13.8. The molecule has 1 aliphatic heterocycles. The first-order valence-electron chi connectivity index (χ1n) is 7.98. The summed E-state index contributed by atoms with van der Waals surface area (Å²) in [4.78, 5) is 6.48. The minimum absolute atomic E-state index is 0.0979. The third-order valence-electron chi connectivity index (χ3n) is 4.14. The number of hydrogen-bond acceptors (Lipinski definition) is 5. The van der Waals surface area contributed by atoms with Crippen molar-refractivity contribution in [1.29, 1.82) is 0 Å². The molecular formula is C18H23N3O2. The lowest BCUT2D eigenvalue weighted by molar-refractivity contribution is 0.0499. The van der Waals surface area contributed by atoms with Crippen LogP contribution in [0.25, 0.3) is 0 Å². The minimum Gasteiger partial charge on any atom is -0.487 e. The van der Waals surface area contributed by atoms with Crippen molar-refractivity contribution in [2.24, 2.45) is 5.73 Å². The molecule has 0 aliphatic carbocycles. The predicted octanol–water partition coefficient (Wildman–Crippen LogP) is 1.55. The van der Waals surface area contributed by atoms with Gasteiger partial charge in [0.25, 0.3) is 0 Å². The molecule has 0 spiro atoms. The van der Waals surface area contributed by atoms with Crippen molar-refractivity contribution in [3.8, 4) is 5.75 Å². The van der Waals surface area contributed by atoms with Crippen LogP contribution in [-0.4, -0.2) is 40.2 Å². The van der Waals surface area contributed by atoms with Gasteiger partial charge in [0.1, 0.15) is 12.4 Å². The third-order valence-corrected chi connectivity index (χ3v) is 4.14. The van der Waals surface area contributed by atoms with Gasteiger partial charge in [-0.2, -0.15) is 0 Å². The number of rotatable bonds is 5. The van der Waals surface area contributed by atoms with Crippen molar-refractivity contribution in [3.63, 3.8) is 0 Å². The smallest absolute Gasteiger partial charge is 0.130 e. The Morgan fingerprint density at radius 3 is 2.96 bits per heavy atom. The van der Waals surface area contributed by atoms with Gasteiger partial charge in [0.05, 0.1) is 11.8 Å². The van der Waals surface area contributed by atoms with E-state index in [0.717, 1.165) is 31.0 Å². The highest BCUT2D eigenvalue weighted by atomic mass is 16.5. The summed E-state index contributed by atoms with van der Waals surface area (Å²) in [5.41, 5.74) is 7.93. The molecule has 0 saturated carbocycles. The quantitative estimate of drug-likeness (QED) is 0.876. The van der Waals surface area contributed by atoms with Crippen LogP contribution >= 0.6 is 0 Å². The number of nitrogens with zero attached hydrogens (tertiary/aromatic N) is 2. The number of benzene rings is 1. The highest BCUT2D eigenvalue weighted by Crippen LogP contribution is 2.18. The zero-order valence-electron chi connectivity index (χ0n) is 13.1. The molecule has 2 atom stereocenters. The molecule has 1 aromatic carbocycles. The van der Waals surface area contributed by atoms with E-state index in [1.165, 1.54) is 5.56 Å². The Balaban J connectivity index is 1.57. The average Bonchev–Trinajstić information content (AvgIpc) is 2.58. The number of nitrogens with two attached hydrogens (primary N) is 1. The molecule has 1 aromatic heterocycles. The molecule has 2 heterocycles. The van der Waals surface area contributed by atoms with Gasteiger partial charge in [-0.1, -0.05) is 18.2 Å². The van der Waals surface area contributed by atoms with E-state index in [1.807, 2.05) is 36.4 Å². The molecule has 3 N–H and O–H groups in total. The second-order valence-corrected chi connectivity index (χ2v) is 6.01. The summed E-state index contributed by atoms with van der Waals surface area (Å²) >= 11 is 0. The number of pyridine rings is 1. The number of aromatic nitrogens is 1. The SMILES string of the molecule is N[C@@H]1CCN(Cc2cccc(OCc3ccccn3)c2)C[C@H]1O. The standard InChI is InChI=1S/C18H23N3O2/c19-17-7-9-21(12-18(17)22)11-14-4-3-6-16(10-14)23-13-15-5-1-2-8-20-15/h1-6,8,10,17-18,22H,7,9,11-13,19H2/t17-,18-/m1/s1. The number of piperidine rings is 1. The highest BCUT2D eigenvalue weighted by molar-refractivity contribution is 5.28. The van der Waals surface area contributed by atoms with E-state index in [1.54, 1.807) is 6.20 Å². The number of aliphatic hydroxyl groups excluding tert-OH is 1. The lowest BCUT2D eigenvalue weighted by Gasteiger charge is -2.34. The molecular weight excluding hydrogens is 290 g/mol. The Bertz CT molecular complexity index is 621. The normalized spacial score (nSPS) is 22.0. The van der Waals surface area contributed by atoms with Gasteiger partial charge in [0.2, 0.25) is 0 Å². The van der Waals surface area contributed by atoms with E-state index in [2.05, 4.69) is 16.0 Å². The van der Waals surface area contributed by atoms with Crippen LogP contribution < -0.4 is 10.5 Å². The zero-order chi connectivity index (χ0) is 16.1. The first kappa shape index (κ1) is 15.9. The summed E-state index contributed by atoms with van der Waals surface area (Å²) in [6.45, 7) is 2.80. The Kier molecular flexibility index (Phi) is 5.23. The van der Waals surface area contributed by atoms with Gasteiger partial charge in [-0.05, 0) is 36.2 Å². The lowest BCUT2D eigenvalue weighted by Crippen LogP contribution is -2.50. The maximum absolute atomic E-state index is 9.89. The lowest BCUT2D eigenvalue weighted by atomic mass is 10.0. The van der Waals surface area contributed by atoms with Crippen molar-refractivity contribution in [3.05, 3.63) is 59.9 Å². The van der Waals surface area contributed by atoms with Crippen LogP contribution in [0.4, 0.5) is 0 Å². The van der Waals surface area contributed by atoms with Crippen LogP contribution in [0.2, 0.25) is 0 Å². The van der Waals surface area contributed by atoms with Crippen molar-refractivity contribution in [1.82, 2.24) is 9.88 Å². The van der Waals surface area contributed by atoms with Gasteiger partial charge in [-0.25, -0.2) is 0 Å². The molecule has 2 aromatic rings. The largest absolute Gasteiger partial charge is 0.487 e. The summed E-state index contributed by atoms with van der Waals surface area (Å²) in [5, 5.41) is 9.89. The van der Waals surface area contributed by atoms with Crippen LogP contribution in [0, 0.1) is 0 Å². The second kappa shape index (κ2) is 7.55. The topological polar surface area (TPSA) is 71.6 Å². The molecule has 1 saturated heterocycles. The molecule has 5 heteroatoms. The second-order valence-electron chi connectivity index (χ2n) is 6.01. The molecule has 0 bridgehead atoms. The van der Waals surface area contributed by atoms with Crippen molar-refractivity contribution in [2.45, 2.75) is 31.7 Å². The van der Waals surface area contributed by atoms with E-state index in [-0.39, 0.29) is 6.04 Å². The molecule has 1 aliphatic rings. The van der Waals surface area contributed by atoms with E-state index in [9.17, 15) is 5.11 Å². The zero-order valence-corrected chi connectivity index (χ0v) is 13.1. The molecule has 5 nitrogen and oxygen atoms in total. The Morgan fingerprint density at radius 2 is 2.17 bits per heavy atom. The first-order chi connectivity index (χ1) is 11.2. The number of ether oxygens (including phenoxy) is 1. The third kappa shape index (κ3) is 4.51. The number of likely N-dealkylation sites (tertiary alicyclic amines) is 1. The highest BCUT2D eigenvalue weighted by Gasteiger charge is 2.24. The molecule has 0 radical (unpaired) electrons. The number of hydrogen-bond donors (Lipinski definition) is 2. The fourth-order valence-corrected chi connectivity index (χ4v) is 2.79. The minimum atomic E-state index is -0.438. The van der Waals surface area contributed by atoms with Crippen LogP contribution in [0.3, 0.4) is 0 Å². The fourth-order valence-electron chi connectivity index (χ4n) is 2.79. The Hall–Kier alpha value is -1.95. The van der Waals surface area contributed by atoms with Crippen molar-refractivity contribution < 1.29 is 9.84 Å². The summed E-state index contributed by atoms with van der Waals surface area (Å²) in [5.74, 6) is 0.836. The Labute approximate surface area is 136 Å². The van der Waals surface area contributed by atoms with Gasteiger partial charge in [0, 0.05) is 31.9 Å². The van der Waals surface area contributed by atoms with Gasteiger partial charge in [-0.3, -0.25) is 9.88 Å². The van der Waals surface area contributed by atoms with E-state index in [0.29, 0.717) is 13.2 Å². The average molecular weight is 313 g/mol. The molecule has 3 rings (SSSR count). The molecule has 0 unspecified atom stereocenters. The Morgan fingerprint density at radius 1 is 1.26 bits per heavy atom. The van der Waals surface area contributed by atoms with E-state index < -0.39 is 6.10 Å². The fraction of sp³-hybridized carbons (Fsp3) is 0.389.